The second-order valence-corrected chi connectivity index (χ2v) is 4.39. The second kappa shape index (κ2) is 7.28. The number of rotatable bonds is 6. The van der Waals surface area contributed by atoms with Crippen molar-refractivity contribution in [1.29, 1.82) is 0 Å². The summed E-state index contributed by atoms with van der Waals surface area (Å²) in [5.41, 5.74) is 0.996. The van der Waals surface area contributed by atoms with E-state index in [1.165, 1.54) is 12.8 Å². The molecule has 2 N–H and O–H groups in total. The van der Waals surface area contributed by atoms with Crippen LogP contribution < -0.4 is 10.6 Å². The van der Waals surface area contributed by atoms with Gasteiger partial charge in [-0.05, 0) is 19.8 Å². The minimum absolute atomic E-state index is 0.0779. The van der Waals surface area contributed by atoms with Gasteiger partial charge in [-0.2, -0.15) is 0 Å². The Bertz CT molecular complexity index is 235. The van der Waals surface area contributed by atoms with Gasteiger partial charge in [-0.15, -0.1) is 0 Å². The van der Waals surface area contributed by atoms with E-state index in [4.69, 9.17) is 4.74 Å². The van der Waals surface area contributed by atoms with Crippen LogP contribution in [0.5, 0.6) is 0 Å². The summed E-state index contributed by atoms with van der Waals surface area (Å²) in [6.07, 6.45) is 4.68. The smallest absolute Gasteiger partial charge is 0.315 e. The van der Waals surface area contributed by atoms with Crippen molar-refractivity contribution < 1.29 is 9.53 Å². The first kappa shape index (κ1) is 13.0. The number of amides is 2. The van der Waals surface area contributed by atoms with Crippen molar-refractivity contribution in [3.05, 3.63) is 12.2 Å². The maximum absolute atomic E-state index is 11.4. The summed E-state index contributed by atoms with van der Waals surface area (Å²) in [4.78, 5) is 11.4. The maximum Gasteiger partial charge on any atom is 0.315 e. The number of nitrogens with one attached hydrogen (secondary N) is 2. The van der Waals surface area contributed by atoms with Crippen LogP contribution in [-0.2, 0) is 4.74 Å². The molecule has 1 fully saturated rings. The molecule has 0 spiro atoms. The van der Waals surface area contributed by atoms with Gasteiger partial charge in [0.15, 0.2) is 0 Å². The Balaban J connectivity index is 1.95. The van der Waals surface area contributed by atoms with Crippen molar-refractivity contribution in [3.8, 4) is 0 Å². The summed E-state index contributed by atoms with van der Waals surface area (Å²) >= 11 is 0. The van der Waals surface area contributed by atoms with Crippen molar-refractivity contribution in [2.75, 3.05) is 19.8 Å². The molecule has 0 radical (unpaired) electrons. The molecule has 4 nitrogen and oxygen atoms in total. The van der Waals surface area contributed by atoms with Gasteiger partial charge in [0, 0.05) is 12.6 Å². The zero-order chi connectivity index (χ0) is 11.8. The number of ether oxygens (including phenoxy) is 1. The third kappa shape index (κ3) is 5.75. The zero-order valence-electron chi connectivity index (χ0n) is 10.1. The van der Waals surface area contributed by atoms with E-state index in [1.807, 2.05) is 6.92 Å². The summed E-state index contributed by atoms with van der Waals surface area (Å²) in [5.74, 6) is 0. The first-order chi connectivity index (χ1) is 7.68. The van der Waals surface area contributed by atoms with E-state index in [9.17, 15) is 4.79 Å². The fraction of sp³-hybridized carbons (Fsp3) is 0.750. The largest absolute Gasteiger partial charge is 0.375 e. The molecule has 1 aliphatic rings. The van der Waals surface area contributed by atoms with E-state index in [0.29, 0.717) is 25.8 Å². The van der Waals surface area contributed by atoms with Crippen LogP contribution >= 0.6 is 0 Å². The normalized spacial score (nSPS) is 16.1. The second-order valence-electron chi connectivity index (χ2n) is 4.39. The molecule has 0 unspecified atom stereocenters. The highest BCUT2D eigenvalue weighted by Crippen LogP contribution is 2.17. The molecule has 0 heterocycles. The van der Waals surface area contributed by atoms with Crippen molar-refractivity contribution >= 4 is 6.03 Å². The fourth-order valence-electron chi connectivity index (χ4n) is 1.79. The Labute approximate surface area is 97.4 Å². The van der Waals surface area contributed by atoms with E-state index >= 15 is 0 Å². The molecule has 0 aromatic rings. The lowest BCUT2D eigenvalue weighted by Gasteiger charge is -2.12. The lowest BCUT2D eigenvalue weighted by Crippen LogP contribution is -2.42. The van der Waals surface area contributed by atoms with Crippen LogP contribution in [0, 0.1) is 0 Å². The van der Waals surface area contributed by atoms with Gasteiger partial charge in [0.25, 0.3) is 0 Å². The monoisotopic (exact) mass is 226 g/mol. The molecule has 1 saturated carbocycles. The third-order valence-electron chi connectivity index (χ3n) is 2.57. The molecule has 0 atom stereocenters. The SMILES string of the molecule is C=C(C)COCCNC(=O)NC1CCCC1. The van der Waals surface area contributed by atoms with Crippen LogP contribution in [0.15, 0.2) is 12.2 Å². The van der Waals surface area contributed by atoms with Gasteiger partial charge in [-0.25, -0.2) is 4.79 Å². The molecule has 0 aliphatic heterocycles. The highest BCUT2D eigenvalue weighted by Gasteiger charge is 2.16. The predicted molar refractivity (Wildman–Crippen MR) is 64.4 cm³/mol. The van der Waals surface area contributed by atoms with Gasteiger partial charge >= 0.3 is 6.03 Å². The summed E-state index contributed by atoms with van der Waals surface area (Å²) in [6.45, 7) is 7.29. The van der Waals surface area contributed by atoms with Crippen molar-refractivity contribution in [2.45, 2.75) is 38.6 Å². The van der Waals surface area contributed by atoms with Crippen molar-refractivity contribution in [2.24, 2.45) is 0 Å². The standard InChI is InChI=1S/C12H22N2O2/c1-10(2)9-16-8-7-13-12(15)14-11-5-3-4-6-11/h11H,1,3-9H2,2H3,(H2,13,14,15). The molecule has 0 aromatic heterocycles. The lowest BCUT2D eigenvalue weighted by molar-refractivity contribution is 0.157. The van der Waals surface area contributed by atoms with Crippen LogP contribution in [0.1, 0.15) is 32.6 Å². The quantitative estimate of drug-likeness (QED) is 0.536. The van der Waals surface area contributed by atoms with Crippen molar-refractivity contribution in [1.82, 2.24) is 10.6 Å². The van der Waals surface area contributed by atoms with Crippen LogP contribution in [0.4, 0.5) is 4.79 Å². The third-order valence-corrected chi connectivity index (χ3v) is 2.57. The van der Waals surface area contributed by atoms with Gasteiger partial charge in [0.1, 0.15) is 0 Å². The van der Waals surface area contributed by atoms with Crippen LogP contribution in [0.2, 0.25) is 0 Å². The molecular formula is C12H22N2O2. The molecule has 92 valence electrons. The van der Waals surface area contributed by atoms with Gasteiger partial charge in [-0.1, -0.05) is 25.0 Å². The maximum atomic E-state index is 11.4. The minimum atomic E-state index is -0.0779. The van der Waals surface area contributed by atoms with Gasteiger partial charge in [-0.3, -0.25) is 0 Å². The van der Waals surface area contributed by atoms with Crippen LogP contribution in [-0.4, -0.2) is 31.8 Å². The van der Waals surface area contributed by atoms with E-state index in [0.717, 1.165) is 18.4 Å². The number of carbonyl (C=O) groups is 1. The Morgan fingerprint density at radius 3 is 2.75 bits per heavy atom. The molecule has 0 saturated heterocycles. The topological polar surface area (TPSA) is 50.4 Å². The highest BCUT2D eigenvalue weighted by atomic mass is 16.5. The number of carbonyl (C=O) groups excluding carboxylic acids is 1. The van der Waals surface area contributed by atoms with Gasteiger partial charge in [0.2, 0.25) is 0 Å². The average molecular weight is 226 g/mol. The highest BCUT2D eigenvalue weighted by molar-refractivity contribution is 5.74. The summed E-state index contributed by atoms with van der Waals surface area (Å²) in [5, 5.41) is 5.73. The Morgan fingerprint density at radius 2 is 2.12 bits per heavy atom. The molecular weight excluding hydrogens is 204 g/mol. The Kier molecular flexibility index (Phi) is 5.93. The molecule has 0 aromatic carbocycles. The van der Waals surface area contributed by atoms with Gasteiger partial charge < -0.3 is 15.4 Å². The Morgan fingerprint density at radius 1 is 1.44 bits per heavy atom. The summed E-state index contributed by atoms with van der Waals surface area (Å²) in [6, 6.07) is 0.294. The van der Waals surface area contributed by atoms with Crippen LogP contribution in [0.25, 0.3) is 0 Å². The van der Waals surface area contributed by atoms with E-state index < -0.39 is 0 Å². The number of hydrogen-bond donors (Lipinski definition) is 2. The van der Waals surface area contributed by atoms with Crippen LogP contribution in [0.3, 0.4) is 0 Å². The molecule has 1 rings (SSSR count). The predicted octanol–water partition coefficient (Wildman–Crippen LogP) is 1.82. The van der Waals surface area contributed by atoms with E-state index in [2.05, 4.69) is 17.2 Å². The van der Waals surface area contributed by atoms with Gasteiger partial charge in [0.05, 0.1) is 13.2 Å². The summed E-state index contributed by atoms with van der Waals surface area (Å²) < 4.78 is 5.27. The number of urea groups is 1. The van der Waals surface area contributed by atoms with E-state index in [-0.39, 0.29) is 6.03 Å². The first-order valence-electron chi connectivity index (χ1n) is 5.95. The summed E-state index contributed by atoms with van der Waals surface area (Å²) in [7, 11) is 0. The minimum Gasteiger partial charge on any atom is -0.375 e. The fourth-order valence-corrected chi connectivity index (χ4v) is 1.79. The van der Waals surface area contributed by atoms with E-state index in [1.54, 1.807) is 0 Å². The molecule has 4 heteroatoms. The average Bonchev–Trinajstić information content (AvgIpc) is 2.69. The molecule has 16 heavy (non-hydrogen) atoms. The zero-order valence-corrected chi connectivity index (χ0v) is 10.1. The molecule has 0 bridgehead atoms. The molecule has 1 aliphatic carbocycles. The lowest BCUT2D eigenvalue weighted by atomic mass is 10.3. The first-order valence-corrected chi connectivity index (χ1v) is 5.95. The van der Waals surface area contributed by atoms with Crippen molar-refractivity contribution in [3.63, 3.8) is 0 Å². The Hall–Kier alpha value is -1.03. The molecule has 2 amide bonds. The number of hydrogen-bond acceptors (Lipinski definition) is 2.